The molecule has 0 saturated heterocycles. The Bertz CT molecular complexity index is 281. The third kappa shape index (κ3) is 2.70. The van der Waals surface area contributed by atoms with Crippen molar-refractivity contribution in [3.8, 4) is 0 Å². The van der Waals surface area contributed by atoms with Gasteiger partial charge in [0.05, 0.1) is 8.07 Å². The second-order valence-corrected chi connectivity index (χ2v) is 10.1. The molecule has 1 aromatic carbocycles. The summed E-state index contributed by atoms with van der Waals surface area (Å²) < 4.78 is 0. The molecular weight excluding hydrogens is 172 g/mol. The largest absolute Gasteiger partial charge is 0.0776 e. The molecule has 0 nitrogen and oxygen atoms in total. The van der Waals surface area contributed by atoms with Crippen molar-refractivity contribution >= 4 is 13.3 Å². The van der Waals surface area contributed by atoms with Gasteiger partial charge in [0.25, 0.3) is 0 Å². The number of hydrogen-bond donors (Lipinski definition) is 0. The van der Waals surface area contributed by atoms with Crippen LogP contribution in [0.3, 0.4) is 0 Å². The molecule has 0 unspecified atom stereocenters. The third-order valence-electron chi connectivity index (χ3n) is 2.42. The van der Waals surface area contributed by atoms with Gasteiger partial charge in [0.15, 0.2) is 0 Å². The fraction of sp³-hybridized carbons (Fsp3) is 0.500. The molecular formula is C12H20Si. The van der Waals surface area contributed by atoms with E-state index in [1.165, 1.54) is 5.56 Å². The van der Waals surface area contributed by atoms with E-state index >= 15 is 0 Å². The van der Waals surface area contributed by atoms with Gasteiger partial charge in [0.2, 0.25) is 0 Å². The van der Waals surface area contributed by atoms with Gasteiger partial charge in [-0.3, -0.25) is 0 Å². The molecule has 1 aromatic rings. The smallest absolute Gasteiger partial charge is 0.0656 e. The zero-order chi connectivity index (χ0) is 10.1. The first-order valence-electron chi connectivity index (χ1n) is 5.01. The summed E-state index contributed by atoms with van der Waals surface area (Å²) in [6, 6.07) is 9.09. The standard InChI is InChI=1S/C12H20Si/c1-10(2)11-7-6-8-12(9-11)13(3,4)5/h6-10H,1-5H3. The summed E-state index contributed by atoms with van der Waals surface area (Å²) in [5, 5.41) is 1.57. The van der Waals surface area contributed by atoms with Crippen LogP contribution in [0.4, 0.5) is 0 Å². The van der Waals surface area contributed by atoms with Crippen molar-refractivity contribution in [3.05, 3.63) is 29.8 Å². The van der Waals surface area contributed by atoms with Crippen LogP contribution in [0, 0.1) is 0 Å². The summed E-state index contributed by atoms with van der Waals surface area (Å²) in [5.41, 5.74) is 1.47. The Hall–Kier alpha value is -0.563. The van der Waals surface area contributed by atoms with E-state index < -0.39 is 8.07 Å². The Labute approximate surface area is 83.0 Å². The molecule has 0 atom stereocenters. The van der Waals surface area contributed by atoms with Crippen molar-refractivity contribution in [3.63, 3.8) is 0 Å². The fourth-order valence-corrected chi connectivity index (χ4v) is 2.56. The highest BCUT2D eigenvalue weighted by molar-refractivity contribution is 6.88. The van der Waals surface area contributed by atoms with E-state index in [9.17, 15) is 0 Å². The van der Waals surface area contributed by atoms with Gasteiger partial charge in [0.1, 0.15) is 0 Å². The van der Waals surface area contributed by atoms with Gasteiger partial charge < -0.3 is 0 Å². The molecule has 0 radical (unpaired) electrons. The van der Waals surface area contributed by atoms with E-state index in [0.717, 1.165) is 0 Å². The molecule has 0 N–H and O–H groups in total. The van der Waals surface area contributed by atoms with Crippen LogP contribution >= 0.6 is 0 Å². The average Bonchev–Trinajstić information content (AvgIpc) is 2.03. The normalized spacial score (nSPS) is 12.2. The van der Waals surface area contributed by atoms with Crippen molar-refractivity contribution < 1.29 is 0 Å². The van der Waals surface area contributed by atoms with E-state index in [1.54, 1.807) is 5.19 Å². The molecule has 0 amide bonds. The molecule has 72 valence electrons. The Morgan fingerprint density at radius 1 is 1.08 bits per heavy atom. The van der Waals surface area contributed by atoms with Gasteiger partial charge in [-0.05, 0) is 11.5 Å². The molecule has 0 saturated carbocycles. The lowest BCUT2D eigenvalue weighted by Gasteiger charge is -2.18. The van der Waals surface area contributed by atoms with Crippen LogP contribution in [0.5, 0.6) is 0 Å². The monoisotopic (exact) mass is 192 g/mol. The van der Waals surface area contributed by atoms with Gasteiger partial charge in [-0.25, -0.2) is 0 Å². The minimum Gasteiger partial charge on any atom is -0.0656 e. The molecule has 0 fully saturated rings. The lowest BCUT2D eigenvalue weighted by molar-refractivity contribution is 0.868. The quantitative estimate of drug-likeness (QED) is 0.630. The van der Waals surface area contributed by atoms with Gasteiger partial charge >= 0.3 is 0 Å². The van der Waals surface area contributed by atoms with Crippen LogP contribution in [0.1, 0.15) is 25.3 Å². The summed E-state index contributed by atoms with van der Waals surface area (Å²) in [5.74, 6) is 0.649. The lowest BCUT2D eigenvalue weighted by Crippen LogP contribution is -2.37. The molecule has 0 aliphatic heterocycles. The molecule has 13 heavy (non-hydrogen) atoms. The van der Waals surface area contributed by atoms with Crippen molar-refractivity contribution in [1.82, 2.24) is 0 Å². The van der Waals surface area contributed by atoms with Crippen molar-refractivity contribution in [2.24, 2.45) is 0 Å². The highest BCUT2D eigenvalue weighted by atomic mass is 28.3. The van der Waals surface area contributed by atoms with Gasteiger partial charge in [-0.2, -0.15) is 0 Å². The van der Waals surface area contributed by atoms with Crippen LogP contribution in [0.15, 0.2) is 24.3 Å². The minimum absolute atomic E-state index is 0.649. The Balaban J connectivity index is 3.06. The molecule has 0 heterocycles. The first kappa shape index (κ1) is 10.5. The minimum atomic E-state index is -1.11. The van der Waals surface area contributed by atoms with E-state index in [0.29, 0.717) is 5.92 Å². The molecule has 0 aliphatic rings. The Morgan fingerprint density at radius 2 is 1.69 bits per heavy atom. The summed E-state index contributed by atoms with van der Waals surface area (Å²) in [7, 11) is -1.11. The lowest BCUT2D eigenvalue weighted by atomic mass is 10.0. The zero-order valence-electron chi connectivity index (χ0n) is 9.39. The highest BCUT2D eigenvalue weighted by Gasteiger charge is 2.16. The molecule has 0 aromatic heterocycles. The second kappa shape index (κ2) is 3.67. The zero-order valence-corrected chi connectivity index (χ0v) is 10.4. The first-order valence-corrected chi connectivity index (χ1v) is 8.51. The predicted molar refractivity (Wildman–Crippen MR) is 63.5 cm³/mol. The highest BCUT2D eigenvalue weighted by Crippen LogP contribution is 2.13. The predicted octanol–water partition coefficient (Wildman–Crippen LogP) is 3.36. The second-order valence-electron chi connectivity index (χ2n) is 5.03. The van der Waals surface area contributed by atoms with Gasteiger partial charge in [0, 0.05) is 0 Å². The maximum Gasteiger partial charge on any atom is 0.0776 e. The topological polar surface area (TPSA) is 0 Å². The van der Waals surface area contributed by atoms with E-state index in [-0.39, 0.29) is 0 Å². The molecule has 0 spiro atoms. The van der Waals surface area contributed by atoms with E-state index in [2.05, 4.69) is 57.8 Å². The van der Waals surface area contributed by atoms with Gasteiger partial charge in [-0.1, -0.05) is 62.9 Å². The van der Waals surface area contributed by atoms with Crippen molar-refractivity contribution in [2.75, 3.05) is 0 Å². The first-order chi connectivity index (χ1) is 5.91. The maximum absolute atomic E-state index is 2.40. The number of hydrogen-bond acceptors (Lipinski definition) is 0. The number of benzene rings is 1. The van der Waals surface area contributed by atoms with Crippen LogP contribution in [0.2, 0.25) is 19.6 Å². The Morgan fingerprint density at radius 3 is 2.15 bits per heavy atom. The summed E-state index contributed by atoms with van der Waals surface area (Å²) >= 11 is 0. The van der Waals surface area contributed by atoms with Crippen LogP contribution in [-0.4, -0.2) is 8.07 Å². The van der Waals surface area contributed by atoms with Crippen LogP contribution in [-0.2, 0) is 0 Å². The summed E-state index contributed by atoms with van der Waals surface area (Å²) in [6.45, 7) is 11.7. The maximum atomic E-state index is 2.40. The van der Waals surface area contributed by atoms with Crippen molar-refractivity contribution in [1.29, 1.82) is 0 Å². The average molecular weight is 192 g/mol. The summed E-state index contributed by atoms with van der Waals surface area (Å²) in [4.78, 5) is 0. The SMILES string of the molecule is CC(C)c1cccc([Si](C)(C)C)c1. The van der Waals surface area contributed by atoms with E-state index in [4.69, 9.17) is 0 Å². The van der Waals surface area contributed by atoms with Gasteiger partial charge in [-0.15, -0.1) is 0 Å². The molecule has 0 aliphatic carbocycles. The fourth-order valence-electron chi connectivity index (χ4n) is 1.36. The number of rotatable bonds is 2. The molecule has 1 heteroatoms. The van der Waals surface area contributed by atoms with Crippen molar-refractivity contribution in [2.45, 2.75) is 39.4 Å². The van der Waals surface area contributed by atoms with Crippen LogP contribution < -0.4 is 5.19 Å². The summed E-state index contributed by atoms with van der Waals surface area (Å²) in [6.07, 6.45) is 0. The third-order valence-corrected chi connectivity index (χ3v) is 4.46. The molecule has 0 bridgehead atoms. The molecule has 1 rings (SSSR count). The Kier molecular flexibility index (Phi) is 2.97. The van der Waals surface area contributed by atoms with Crippen LogP contribution in [0.25, 0.3) is 0 Å². The van der Waals surface area contributed by atoms with E-state index in [1.807, 2.05) is 0 Å².